The summed E-state index contributed by atoms with van der Waals surface area (Å²) in [6.07, 6.45) is 0.922. The Labute approximate surface area is 102 Å². The van der Waals surface area contributed by atoms with E-state index < -0.39 is 0 Å². The fraction of sp³-hybridized carbons (Fsp3) is 0.583. The maximum atomic E-state index is 12.0. The van der Waals surface area contributed by atoms with Crippen molar-refractivity contribution in [1.82, 2.24) is 15.1 Å². The van der Waals surface area contributed by atoms with E-state index in [2.05, 4.69) is 15.5 Å². The first-order valence-corrected chi connectivity index (χ1v) is 5.94. The van der Waals surface area contributed by atoms with Crippen LogP contribution < -0.4 is 5.32 Å². The summed E-state index contributed by atoms with van der Waals surface area (Å²) in [7, 11) is 1.79. The standard InChI is InChI=1S/C12H20N4O/c1-5-9(3)16(4)12(17)10-7-8-11(13-6-2)15-14-10/h7-9H,5-6H2,1-4H3,(H,13,15). The van der Waals surface area contributed by atoms with Gasteiger partial charge in [-0.15, -0.1) is 10.2 Å². The lowest BCUT2D eigenvalue weighted by Gasteiger charge is -2.23. The average molecular weight is 236 g/mol. The number of nitrogens with zero attached hydrogens (tertiary/aromatic N) is 3. The number of amides is 1. The van der Waals surface area contributed by atoms with Crippen molar-refractivity contribution in [2.24, 2.45) is 0 Å². The van der Waals surface area contributed by atoms with Crippen molar-refractivity contribution in [3.05, 3.63) is 17.8 Å². The van der Waals surface area contributed by atoms with E-state index in [1.807, 2.05) is 20.8 Å². The molecule has 17 heavy (non-hydrogen) atoms. The van der Waals surface area contributed by atoms with Crippen LogP contribution in [0.2, 0.25) is 0 Å². The van der Waals surface area contributed by atoms with E-state index >= 15 is 0 Å². The van der Waals surface area contributed by atoms with Crippen molar-refractivity contribution in [3.8, 4) is 0 Å². The van der Waals surface area contributed by atoms with Gasteiger partial charge in [-0.25, -0.2) is 0 Å². The van der Waals surface area contributed by atoms with Crippen LogP contribution in [0, 0.1) is 0 Å². The summed E-state index contributed by atoms with van der Waals surface area (Å²) in [6.45, 7) is 6.83. The third-order valence-electron chi connectivity index (χ3n) is 2.81. The van der Waals surface area contributed by atoms with E-state index in [1.54, 1.807) is 24.1 Å². The lowest BCUT2D eigenvalue weighted by Crippen LogP contribution is -2.35. The molecule has 0 radical (unpaired) electrons. The minimum absolute atomic E-state index is 0.0881. The molecule has 1 amide bonds. The third kappa shape index (κ3) is 3.41. The molecule has 0 saturated carbocycles. The van der Waals surface area contributed by atoms with Gasteiger partial charge in [-0.1, -0.05) is 6.92 Å². The predicted molar refractivity (Wildman–Crippen MR) is 68.0 cm³/mol. The summed E-state index contributed by atoms with van der Waals surface area (Å²) < 4.78 is 0. The number of hydrogen-bond donors (Lipinski definition) is 1. The Morgan fingerprint density at radius 1 is 1.41 bits per heavy atom. The second-order valence-electron chi connectivity index (χ2n) is 4.01. The summed E-state index contributed by atoms with van der Waals surface area (Å²) in [5, 5.41) is 10.9. The monoisotopic (exact) mass is 236 g/mol. The topological polar surface area (TPSA) is 58.1 Å². The molecule has 5 nitrogen and oxygen atoms in total. The highest BCUT2D eigenvalue weighted by Crippen LogP contribution is 2.07. The maximum absolute atomic E-state index is 12.0. The summed E-state index contributed by atoms with van der Waals surface area (Å²) in [4.78, 5) is 13.7. The van der Waals surface area contributed by atoms with E-state index in [4.69, 9.17) is 0 Å². The smallest absolute Gasteiger partial charge is 0.274 e. The van der Waals surface area contributed by atoms with Crippen LogP contribution in [-0.4, -0.2) is 40.6 Å². The van der Waals surface area contributed by atoms with Crippen LogP contribution in [0.5, 0.6) is 0 Å². The molecule has 0 bridgehead atoms. The minimum atomic E-state index is -0.0881. The van der Waals surface area contributed by atoms with E-state index in [-0.39, 0.29) is 11.9 Å². The molecule has 0 aromatic carbocycles. The van der Waals surface area contributed by atoms with Gasteiger partial charge in [0.05, 0.1) is 0 Å². The molecule has 1 heterocycles. The second-order valence-corrected chi connectivity index (χ2v) is 4.01. The van der Waals surface area contributed by atoms with Crippen molar-refractivity contribution in [2.45, 2.75) is 33.2 Å². The van der Waals surface area contributed by atoms with Gasteiger partial charge in [0.15, 0.2) is 5.69 Å². The van der Waals surface area contributed by atoms with Crippen LogP contribution in [0.1, 0.15) is 37.7 Å². The van der Waals surface area contributed by atoms with E-state index in [0.717, 1.165) is 13.0 Å². The number of carbonyl (C=O) groups is 1. The molecule has 0 aliphatic carbocycles. The minimum Gasteiger partial charge on any atom is -0.369 e. The third-order valence-corrected chi connectivity index (χ3v) is 2.81. The molecule has 5 heteroatoms. The molecule has 94 valence electrons. The lowest BCUT2D eigenvalue weighted by molar-refractivity contribution is 0.0733. The van der Waals surface area contributed by atoms with E-state index in [1.165, 1.54) is 0 Å². The summed E-state index contributed by atoms with van der Waals surface area (Å²) >= 11 is 0. The van der Waals surface area contributed by atoms with E-state index in [9.17, 15) is 4.79 Å². The molecule has 0 aliphatic heterocycles. The molecular weight excluding hydrogens is 216 g/mol. The first-order chi connectivity index (χ1) is 8.10. The van der Waals surface area contributed by atoms with Gasteiger partial charge in [0.25, 0.3) is 5.91 Å². The zero-order valence-electron chi connectivity index (χ0n) is 10.9. The number of anilines is 1. The largest absolute Gasteiger partial charge is 0.369 e. The number of aromatic nitrogens is 2. The first-order valence-electron chi connectivity index (χ1n) is 5.94. The number of rotatable bonds is 5. The fourth-order valence-electron chi connectivity index (χ4n) is 1.38. The van der Waals surface area contributed by atoms with Crippen LogP contribution in [0.25, 0.3) is 0 Å². The van der Waals surface area contributed by atoms with Crippen LogP contribution in [0.4, 0.5) is 5.82 Å². The SMILES string of the molecule is CCNc1ccc(C(=O)N(C)C(C)CC)nn1. The first kappa shape index (κ1) is 13.4. The normalized spacial score (nSPS) is 12.0. The molecule has 1 atom stereocenters. The van der Waals surface area contributed by atoms with Crippen LogP contribution in [-0.2, 0) is 0 Å². The zero-order valence-corrected chi connectivity index (χ0v) is 10.9. The van der Waals surface area contributed by atoms with Crippen molar-refractivity contribution in [2.75, 3.05) is 18.9 Å². The Hall–Kier alpha value is -1.65. The van der Waals surface area contributed by atoms with Gasteiger partial charge in [-0.2, -0.15) is 0 Å². The Kier molecular flexibility index (Phi) is 4.87. The molecule has 1 aromatic heterocycles. The molecule has 0 saturated heterocycles. The molecule has 0 fully saturated rings. The van der Waals surface area contributed by atoms with Gasteiger partial charge in [-0.3, -0.25) is 4.79 Å². The Balaban J connectivity index is 2.75. The number of nitrogens with one attached hydrogen (secondary N) is 1. The molecule has 0 spiro atoms. The highest BCUT2D eigenvalue weighted by Gasteiger charge is 2.17. The molecule has 1 aromatic rings. The van der Waals surface area contributed by atoms with Gasteiger partial charge < -0.3 is 10.2 Å². The average Bonchev–Trinajstić information content (AvgIpc) is 2.37. The van der Waals surface area contributed by atoms with Crippen LogP contribution in [0.3, 0.4) is 0 Å². The molecule has 0 aliphatic rings. The highest BCUT2D eigenvalue weighted by atomic mass is 16.2. The van der Waals surface area contributed by atoms with Gasteiger partial charge in [-0.05, 0) is 32.4 Å². The molecule has 1 rings (SSSR count). The van der Waals surface area contributed by atoms with Crippen molar-refractivity contribution in [1.29, 1.82) is 0 Å². The predicted octanol–water partition coefficient (Wildman–Crippen LogP) is 1.78. The number of hydrogen-bond acceptors (Lipinski definition) is 4. The van der Waals surface area contributed by atoms with Crippen LogP contribution in [0.15, 0.2) is 12.1 Å². The summed E-state index contributed by atoms with van der Waals surface area (Å²) in [5.41, 5.74) is 0.384. The van der Waals surface area contributed by atoms with Gasteiger partial charge >= 0.3 is 0 Å². The maximum Gasteiger partial charge on any atom is 0.274 e. The second kappa shape index (κ2) is 6.18. The lowest BCUT2D eigenvalue weighted by atomic mass is 10.2. The Morgan fingerprint density at radius 3 is 2.59 bits per heavy atom. The zero-order chi connectivity index (χ0) is 12.8. The molecule has 1 N–H and O–H groups in total. The van der Waals surface area contributed by atoms with Crippen molar-refractivity contribution < 1.29 is 4.79 Å². The van der Waals surface area contributed by atoms with Crippen molar-refractivity contribution >= 4 is 11.7 Å². The Bertz CT molecular complexity index is 363. The summed E-state index contributed by atoms with van der Waals surface area (Å²) in [5.74, 6) is 0.602. The molecular formula is C12H20N4O. The fourth-order valence-corrected chi connectivity index (χ4v) is 1.38. The summed E-state index contributed by atoms with van der Waals surface area (Å²) in [6, 6.07) is 3.68. The van der Waals surface area contributed by atoms with Crippen LogP contribution >= 0.6 is 0 Å². The quantitative estimate of drug-likeness (QED) is 0.846. The van der Waals surface area contributed by atoms with Gasteiger partial charge in [0.2, 0.25) is 0 Å². The Morgan fingerprint density at radius 2 is 2.12 bits per heavy atom. The van der Waals surface area contributed by atoms with Crippen molar-refractivity contribution in [3.63, 3.8) is 0 Å². The highest BCUT2D eigenvalue weighted by molar-refractivity contribution is 5.92. The van der Waals surface area contributed by atoms with Gasteiger partial charge in [0.1, 0.15) is 5.82 Å². The molecule has 1 unspecified atom stereocenters. The number of carbonyl (C=O) groups excluding carboxylic acids is 1. The van der Waals surface area contributed by atoms with Gasteiger partial charge in [0, 0.05) is 19.6 Å². The van der Waals surface area contributed by atoms with E-state index in [0.29, 0.717) is 11.5 Å².